The maximum Gasteiger partial charge on any atom is 0.270 e. The Kier molecular flexibility index (Phi) is 6.14. The zero-order chi connectivity index (χ0) is 17.0. The molecule has 0 aliphatic carbocycles. The molecule has 0 aromatic heterocycles. The number of nitrogens with one attached hydrogen (secondary N) is 1. The SMILES string of the molecule is O=C(COc1ccc(Br)cc1Br)Nc1ccc([N+](=O)[O-])cc1Br. The first-order valence-corrected chi connectivity index (χ1v) is 8.56. The van der Waals surface area contributed by atoms with Gasteiger partial charge in [0.15, 0.2) is 6.61 Å². The minimum atomic E-state index is -0.509. The van der Waals surface area contributed by atoms with Crippen LogP contribution in [0.3, 0.4) is 0 Å². The highest BCUT2D eigenvalue weighted by molar-refractivity contribution is 9.11. The fourth-order valence-corrected chi connectivity index (χ4v) is 3.27. The molecule has 0 unspecified atom stereocenters. The highest BCUT2D eigenvalue weighted by Gasteiger charge is 2.12. The third kappa shape index (κ3) is 5.02. The van der Waals surface area contributed by atoms with Crippen molar-refractivity contribution in [3.63, 3.8) is 0 Å². The summed E-state index contributed by atoms with van der Waals surface area (Å²) in [5, 5.41) is 13.3. The number of rotatable bonds is 5. The van der Waals surface area contributed by atoms with Gasteiger partial charge in [0.2, 0.25) is 0 Å². The van der Waals surface area contributed by atoms with Crippen LogP contribution in [0, 0.1) is 10.1 Å². The Labute approximate surface area is 156 Å². The minimum absolute atomic E-state index is 0.0649. The van der Waals surface area contributed by atoms with Crippen molar-refractivity contribution in [2.24, 2.45) is 0 Å². The molecule has 6 nitrogen and oxygen atoms in total. The summed E-state index contributed by atoms with van der Waals surface area (Å²) in [4.78, 5) is 22.1. The van der Waals surface area contributed by atoms with Crippen LogP contribution in [0.4, 0.5) is 11.4 Å². The lowest BCUT2D eigenvalue weighted by molar-refractivity contribution is -0.384. The van der Waals surface area contributed by atoms with E-state index in [1.807, 2.05) is 0 Å². The molecule has 2 aromatic carbocycles. The fraction of sp³-hybridized carbons (Fsp3) is 0.0714. The van der Waals surface area contributed by atoms with E-state index in [9.17, 15) is 14.9 Å². The Balaban J connectivity index is 1.98. The van der Waals surface area contributed by atoms with Gasteiger partial charge in [-0.05, 0) is 56.1 Å². The van der Waals surface area contributed by atoms with Crippen molar-refractivity contribution in [2.75, 3.05) is 11.9 Å². The van der Waals surface area contributed by atoms with E-state index in [2.05, 4.69) is 53.1 Å². The fourth-order valence-electron chi connectivity index (χ4n) is 1.64. The number of non-ortho nitro benzene ring substituents is 1. The summed E-state index contributed by atoms with van der Waals surface area (Å²) in [6.07, 6.45) is 0. The summed E-state index contributed by atoms with van der Waals surface area (Å²) >= 11 is 9.85. The summed E-state index contributed by atoms with van der Waals surface area (Å²) in [6.45, 7) is -0.191. The molecule has 2 rings (SSSR count). The van der Waals surface area contributed by atoms with Gasteiger partial charge in [-0.3, -0.25) is 14.9 Å². The maximum absolute atomic E-state index is 11.9. The second kappa shape index (κ2) is 7.89. The summed E-state index contributed by atoms with van der Waals surface area (Å²) in [6, 6.07) is 9.41. The molecule has 0 atom stereocenters. The third-order valence-electron chi connectivity index (χ3n) is 2.69. The second-order valence-corrected chi connectivity index (χ2v) is 6.96. The van der Waals surface area contributed by atoms with Gasteiger partial charge in [0, 0.05) is 21.1 Å². The molecule has 1 amide bonds. The van der Waals surface area contributed by atoms with Crippen LogP contribution >= 0.6 is 47.8 Å². The molecule has 0 fully saturated rings. The van der Waals surface area contributed by atoms with Gasteiger partial charge in [-0.15, -0.1) is 0 Å². The lowest BCUT2D eigenvalue weighted by Gasteiger charge is -2.10. The number of amides is 1. The van der Waals surface area contributed by atoms with Crippen molar-refractivity contribution in [2.45, 2.75) is 0 Å². The van der Waals surface area contributed by atoms with Gasteiger partial charge in [0.05, 0.1) is 15.1 Å². The molecule has 0 bridgehead atoms. The van der Waals surface area contributed by atoms with E-state index < -0.39 is 4.92 Å². The molecule has 120 valence electrons. The molecular formula is C14H9Br3N2O4. The normalized spacial score (nSPS) is 10.2. The minimum Gasteiger partial charge on any atom is -0.483 e. The number of carbonyl (C=O) groups excluding carboxylic acids is 1. The van der Waals surface area contributed by atoms with Crippen LogP contribution in [-0.4, -0.2) is 17.4 Å². The summed E-state index contributed by atoms with van der Waals surface area (Å²) in [5.41, 5.74) is 0.365. The highest BCUT2D eigenvalue weighted by Crippen LogP contribution is 2.29. The van der Waals surface area contributed by atoms with Crippen molar-refractivity contribution in [1.29, 1.82) is 0 Å². The Morgan fingerprint density at radius 3 is 2.48 bits per heavy atom. The maximum atomic E-state index is 11.9. The molecular weight excluding hydrogens is 500 g/mol. The van der Waals surface area contributed by atoms with E-state index in [1.54, 1.807) is 18.2 Å². The topological polar surface area (TPSA) is 81.5 Å². The number of nitro groups is 1. The van der Waals surface area contributed by atoms with Gasteiger partial charge in [0.1, 0.15) is 5.75 Å². The van der Waals surface area contributed by atoms with E-state index in [0.29, 0.717) is 15.9 Å². The molecule has 0 radical (unpaired) electrons. The van der Waals surface area contributed by atoms with Crippen LogP contribution in [0.1, 0.15) is 0 Å². The van der Waals surface area contributed by atoms with Gasteiger partial charge in [-0.25, -0.2) is 0 Å². The number of nitro benzene ring substituents is 1. The van der Waals surface area contributed by atoms with Gasteiger partial charge in [-0.2, -0.15) is 0 Å². The van der Waals surface area contributed by atoms with Crippen LogP contribution in [0.25, 0.3) is 0 Å². The molecule has 0 aliphatic rings. The predicted molar refractivity (Wildman–Crippen MR) is 96.8 cm³/mol. The first kappa shape index (κ1) is 17.9. The summed E-state index contributed by atoms with van der Waals surface area (Å²) < 4.78 is 7.45. The van der Waals surface area contributed by atoms with E-state index in [4.69, 9.17) is 4.74 Å². The first-order valence-electron chi connectivity index (χ1n) is 6.18. The first-order chi connectivity index (χ1) is 10.9. The third-order valence-corrected chi connectivity index (χ3v) is 4.46. The predicted octanol–water partition coefficient (Wildman–Crippen LogP) is 4.90. The molecule has 0 saturated heterocycles. The van der Waals surface area contributed by atoms with Crippen LogP contribution < -0.4 is 10.1 Å². The quantitative estimate of drug-likeness (QED) is 0.460. The second-order valence-electron chi connectivity index (χ2n) is 4.33. The lowest BCUT2D eigenvalue weighted by atomic mass is 10.3. The number of carbonyl (C=O) groups is 1. The zero-order valence-corrected chi connectivity index (χ0v) is 16.1. The van der Waals surface area contributed by atoms with E-state index >= 15 is 0 Å². The molecule has 0 heterocycles. The average molecular weight is 509 g/mol. The van der Waals surface area contributed by atoms with Gasteiger partial charge in [0.25, 0.3) is 11.6 Å². The van der Waals surface area contributed by atoms with Crippen molar-refractivity contribution in [3.8, 4) is 5.75 Å². The van der Waals surface area contributed by atoms with Gasteiger partial charge >= 0.3 is 0 Å². The van der Waals surface area contributed by atoms with Crippen LogP contribution in [0.5, 0.6) is 5.75 Å². The standard InChI is InChI=1S/C14H9Br3N2O4/c15-8-1-4-13(11(17)5-8)23-7-14(20)18-12-3-2-9(19(21)22)6-10(12)16/h1-6H,7H2,(H,18,20). The van der Waals surface area contributed by atoms with Crippen molar-refractivity contribution in [1.82, 2.24) is 0 Å². The zero-order valence-electron chi connectivity index (χ0n) is 11.4. The Bertz CT molecular complexity index is 768. The number of halogens is 3. The number of hydrogen-bond acceptors (Lipinski definition) is 4. The van der Waals surface area contributed by atoms with Gasteiger partial charge < -0.3 is 10.1 Å². The Morgan fingerprint density at radius 1 is 1.13 bits per heavy atom. The smallest absolute Gasteiger partial charge is 0.270 e. The monoisotopic (exact) mass is 506 g/mol. The van der Waals surface area contributed by atoms with E-state index in [0.717, 1.165) is 8.95 Å². The molecule has 2 aromatic rings. The number of hydrogen-bond donors (Lipinski definition) is 1. The summed E-state index contributed by atoms with van der Waals surface area (Å²) in [5.74, 6) is 0.153. The van der Waals surface area contributed by atoms with Crippen LogP contribution in [0.15, 0.2) is 49.8 Å². The number of ether oxygens (including phenoxy) is 1. The number of anilines is 1. The summed E-state index contributed by atoms with van der Waals surface area (Å²) in [7, 11) is 0. The number of nitrogens with zero attached hydrogens (tertiary/aromatic N) is 1. The van der Waals surface area contributed by atoms with Crippen molar-refractivity contribution >= 4 is 65.1 Å². The average Bonchev–Trinajstić information content (AvgIpc) is 2.48. The van der Waals surface area contributed by atoms with Crippen LogP contribution in [0.2, 0.25) is 0 Å². The molecule has 9 heteroatoms. The van der Waals surface area contributed by atoms with E-state index in [-0.39, 0.29) is 18.2 Å². The van der Waals surface area contributed by atoms with Crippen LogP contribution in [-0.2, 0) is 4.79 Å². The van der Waals surface area contributed by atoms with Crippen molar-refractivity contribution < 1.29 is 14.5 Å². The largest absolute Gasteiger partial charge is 0.483 e. The Hall–Kier alpha value is -1.45. The number of benzene rings is 2. The van der Waals surface area contributed by atoms with E-state index in [1.165, 1.54) is 18.2 Å². The molecule has 0 aliphatic heterocycles. The molecule has 0 saturated carbocycles. The highest BCUT2D eigenvalue weighted by atomic mass is 79.9. The van der Waals surface area contributed by atoms with Crippen molar-refractivity contribution in [3.05, 3.63) is 59.9 Å². The van der Waals surface area contributed by atoms with Gasteiger partial charge in [-0.1, -0.05) is 15.9 Å². The Morgan fingerprint density at radius 2 is 1.87 bits per heavy atom. The molecule has 23 heavy (non-hydrogen) atoms. The molecule has 0 spiro atoms. The molecule has 1 N–H and O–H groups in total. The lowest BCUT2D eigenvalue weighted by Crippen LogP contribution is -2.20.